The lowest BCUT2D eigenvalue weighted by molar-refractivity contribution is -0.115. The lowest BCUT2D eigenvalue weighted by Gasteiger charge is -2.27. The molecule has 10 heteroatoms. The van der Waals surface area contributed by atoms with Gasteiger partial charge < -0.3 is 15.4 Å². The van der Waals surface area contributed by atoms with Crippen LogP contribution < -0.4 is 10.6 Å². The SMILES string of the molecule is COC(=O)c1c(NC(=O)CSc2cccc(NC(=O)Cc3ccc(Cl)cc3)c2)sc2c1CCN(Cc1ccccc1)C2. The molecule has 42 heavy (non-hydrogen) atoms. The minimum absolute atomic E-state index is 0.142. The number of esters is 1. The zero-order chi connectivity index (χ0) is 29.5. The maximum absolute atomic E-state index is 13.0. The van der Waals surface area contributed by atoms with Crippen LogP contribution in [0.2, 0.25) is 5.02 Å². The highest BCUT2D eigenvalue weighted by Gasteiger charge is 2.29. The zero-order valence-electron chi connectivity index (χ0n) is 23.0. The molecule has 4 aromatic rings. The lowest BCUT2D eigenvalue weighted by Crippen LogP contribution is -2.29. The van der Waals surface area contributed by atoms with E-state index in [0.29, 0.717) is 34.2 Å². The van der Waals surface area contributed by atoms with Crippen molar-refractivity contribution < 1.29 is 19.1 Å². The average molecular weight is 620 g/mol. The van der Waals surface area contributed by atoms with Crippen molar-refractivity contribution in [2.75, 3.05) is 30.0 Å². The monoisotopic (exact) mass is 619 g/mol. The van der Waals surface area contributed by atoms with Gasteiger partial charge in [0.1, 0.15) is 5.00 Å². The summed E-state index contributed by atoms with van der Waals surface area (Å²) in [5.41, 5.74) is 4.17. The van der Waals surface area contributed by atoms with Crippen molar-refractivity contribution in [3.05, 3.63) is 111 Å². The smallest absolute Gasteiger partial charge is 0.341 e. The van der Waals surface area contributed by atoms with Gasteiger partial charge in [0.15, 0.2) is 0 Å². The molecule has 0 fully saturated rings. The number of nitrogens with one attached hydrogen (secondary N) is 2. The number of nitrogens with zero attached hydrogens (tertiary/aromatic N) is 1. The Bertz CT molecular complexity index is 1570. The summed E-state index contributed by atoms with van der Waals surface area (Å²) in [5, 5.41) is 7.02. The Balaban J connectivity index is 1.19. The van der Waals surface area contributed by atoms with Crippen molar-refractivity contribution >= 4 is 63.2 Å². The van der Waals surface area contributed by atoms with Gasteiger partial charge in [-0.25, -0.2) is 4.79 Å². The third kappa shape index (κ3) is 7.80. The second-order valence-corrected chi connectivity index (χ2v) is 12.5. The maximum Gasteiger partial charge on any atom is 0.341 e. The third-order valence-corrected chi connectivity index (χ3v) is 9.17. The van der Waals surface area contributed by atoms with E-state index in [1.54, 1.807) is 12.1 Å². The summed E-state index contributed by atoms with van der Waals surface area (Å²) >= 11 is 8.72. The first kappa shape index (κ1) is 29.8. The third-order valence-electron chi connectivity index (χ3n) is 6.79. The van der Waals surface area contributed by atoms with Gasteiger partial charge in [-0.3, -0.25) is 14.5 Å². The molecular formula is C32H30ClN3O4S2. The Kier molecular flexibility index (Phi) is 9.97. The predicted octanol–water partition coefficient (Wildman–Crippen LogP) is 6.66. The molecule has 3 aromatic carbocycles. The molecule has 0 radical (unpaired) electrons. The number of thioether (sulfide) groups is 1. The Labute approximate surface area is 258 Å². The van der Waals surface area contributed by atoms with Gasteiger partial charge in [-0.2, -0.15) is 0 Å². The first-order valence-electron chi connectivity index (χ1n) is 13.4. The number of anilines is 2. The standard InChI is InChI=1S/C32H30ClN3O4S2/c1-40-32(39)30-26-14-15-36(18-22-6-3-2-4-7-22)19-27(26)42-31(30)35-29(38)20-41-25-9-5-8-24(17-25)34-28(37)16-21-10-12-23(33)13-11-21/h2-13,17H,14-16,18-20H2,1H3,(H,34,37)(H,35,38). The summed E-state index contributed by atoms with van der Waals surface area (Å²) in [6.07, 6.45) is 0.943. The number of methoxy groups -OCH3 is 1. The summed E-state index contributed by atoms with van der Waals surface area (Å²) in [6, 6.07) is 24.8. The van der Waals surface area contributed by atoms with Crippen molar-refractivity contribution in [1.82, 2.24) is 4.90 Å². The fourth-order valence-corrected chi connectivity index (χ4v) is 6.98. The van der Waals surface area contributed by atoms with E-state index >= 15 is 0 Å². The summed E-state index contributed by atoms with van der Waals surface area (Å²) in [7, 11) is 1.36. The molecule has 2 heterocycles. The molecule has 0 bridgehead atoms. The van der Waals surface area contributed by atoms with Gasteiger partial charge >= 0.3 is 5.97 Å². The van der Waals surface area contributed by atoms with Crippen molar-refractivity contribution in [2.45, 2.75) is 30.8 Å². The van der Waals surface area contributed by atoms with E-state index in [1.807, 2.05) is 54.6 Å². The molecule has 0 spiro atoms. The van der Waals surface area contributed by atoms with Gasteiger partial charge in [-0.05, 0) is 53.4 Å². The molecule has 2 amide bonds. The average Bonchev–Trinajstić information content (AvgIpc) is 3.34. The summed E-state index contributed by atoms with van der Waals surface area (Å²) in [4.78, 5) is 42.5. The number of hydrogen-bond acceptors (Lipinski definition) is 7. The molecule has 2 N–H and O–H groups in total. The van der Waals surface area contributed by atoms with Crippen molar-refractivity contribution in [3.8, 4) is 0 Å². The van der Waals surface area contributed by atoms with Gasteiger partial charge in [0.2, 0.25) is 11.8 Å². The number of carbonyl (C=O) groups is 3. The summed E-state index contributed by atoms with van der Waals surface area (Å²) < 4.78 is 5.08. The maximum atomic E-state index is 13.0. The van der Waals surface area contributed by atoms with E-state index in [4.69, 9.17) is 16.3 Å². The normalized spacial score (nSPS) is 12.8. The van der Waals surface area contributed by atoms with E-state index < -0.39 is 5.97 Å². The number of halogens is 1. The zero-order valence-corrected chi connectivity index (χ0v) is 25.4. The topological polar surface area (TPSA) is 87.7 Å². The highest BCUT2D eigenvalue weighted by Crippen LogP contribution is 2.38. The number of fused-ring (bicyclic) bond motifs is 1. The van der Waals surface area contributed by atoms with Crippen molar-refractivity contribution in [1.29, 1.82) is 0 Å². The number of thiophene rings is 1. The van der Waals surface area contributed by atoms with Crippen molar-refractivity contribution in [3.63, 3.8) is 0 Å². The molecule has 1 aromatic heterocycles. The van der Waals surface area contributed by atoms with Crippen LogP contribution in [0.15, 0.2) is 83.8 Å². The number of rotatable bonds is 10. The summed E-state index contributed by atoms with van der Waals surface area (Å²) in [6.45, 7) is 2.35. The molecule has 7 nitrogen and oxygen atoms in total. The first-order valence-corrected chi connectivity index (χ1v) is 15.6. The summed E-state index contributed by atoms with van der Waals surface area (Å²) in [5.74, 6) is -0.654. The van der Waals surface area contributed by atoms with Crippen LogP contribution in [0.1, 0.15) is 31.9 Å². The van der Waals surface area contributed by atoms with E-state index in [-0.39, 0.29) is 24.0 Å². The van der Waals surface area contributed by atoms with Gasteiger partial charge in [0, 0.05) is 40.1 Å². The molecule has 0 saturated carbocycles. The van der Waals surface area contributed by atoms with Crippen molar-refractivity contribution in [2.24, 2.45) is 0 Å². The Morgan fingerprint density at radius 1 is 0.952 bits per heavy atom. The van der Waals surface area contributed by atoms with Crippen LogP contribution in [0.3, 0.4) is 0 Å². The minimum Gasteiger partial charge on any atom is -0.465 e. The molecule has 216 valence electrons. The van der Waals surface area contributed by atoms with Crippen LogP contribution >= 0.6 is 34.7 Å². The van der Waals surface area contributed by atoms with E-state index in [9.17, 15) is 14.4 Å². The van der Waals surface area contributed by atoms with E-state index in [1.165, 1.54) is 35.8 Å². The number of carbonyl (C=O) groups excluding carboxylic acids is 3. The number of hydrogen-bond donors (Lipinski definition) is 2. The van der Waals surface area contributed by atoms with Gasteiger partial charge in [0.05, 0.1) is 24.8 Å². The highest BCUT2D eigenvalue weighted by atomic mass is 35.5. The molecule has 1 aliphatic heterocycles. The van der Waals surface area contributed by atoms with Gasteiger partial charge in [-0.15, -0.1) is 23.1 Å². The molecule has 1 aliphatic rings. The number of ether oxygens (including phenoxy) is 1. The second-order valence-electron chi connectivity index (χ2n) is 9.86. The highest BCUT2D eigenvalue weighted by molar-refractivity contribution is 8.00. The predicted molar refractivity (Wildman–Crippen MR) is 169 cm³/mol. The molecule has 0 atom stereocenters. The van der Waals surface area contributed by atoms with Crippen LogP contribution in [0, 0.1) is 0 Å². The first-order chi connectivity index (χ1) is 20.4. The van der Waals surface area contributed by atoms with Crippen LogP contribution in [0.4, 0.5) is 10.7 Å². The van der Waals surface area contributed by atoms with Crippen LogP contribution in [-0.4, -0.2) is 42.1 Å². The lowest BCUT2D eigenvalue weighted by atomic mass is 10.0. The second kappa shape index (κ2) is 14.0. The Hall–Kier alpha value is -3.63. The molecule has 0 unspecified atom stereocenters. The molecule has 5 rings (SSSR count). The van der Waals surface area contributed by atoms with E-state index in [0.717, 1.165) is 34.0 Å². The van der Waals surface area contributed by atoms with E-state index in [2.05, 4.69) is 27.7 Å². The Morgan fingerprint density at radius 2 is 1.74 bits per heavy atom. The van der Waals surface area contributed by atoms with Crippen LogP contribution in [-0.2, 0) is 40.3 Å². The fraction of sp³-hybridized carbons (Fsp3) is 0.219. The fourth-order valence-electron chi connectivity index (χ4n) is 4.81. The van der Waals surface area contributed by atoms with Gasteiger partial charge in [0.25, 0.3) is 0 Å². The number of benzene rings is 3. The molecule has 0 aliphatic carbocycles. The minimum atomic E-state index is -0.436. The van der Waals surface area contributed by atoms with Gasteiger partial charge in [-0.1, -0.05) is 60.1 Å². The quantitative estimate of drug-likeness (QED) is 0.153. The molecular weight excluding hydrogens is 590 g/mol. The van der Waals surface area contributed by atoms with Crippen LogP contribution in [0.5, 0.6) is 0 Å². The molecule has 0 saturated heterocycles. The number of amides is 2. The largest absolute Gasteiger partial charge is 0.465 e. The van der Waals surface area contributed by atoms with Crippen LogP contribution in [0.25, 0.3) is 0 Å². The Morgan fingerprint density at radius 3 is 2.50 bits per heavy atom.